The van der Waals surface area contributed by atoms with E-state index in [0.29, 0.717) is 6.54 Å². The summed E-state index contributed by atoms with van der Waals surface area (Å²) in [7, 11) is 0. The van der Waals surface area contributed by atoms with E-state index in [4.69, 9.17) is 0 Å². The van der Waals surface area contributed by atoms with Crippen molar-refractivity contribution in [2.45, 2.75) is 46.5 Å². The van der Waals surface area contributed by atoms with Gasteiger partial charge in [0.1, 0.15) is 0 Å². The van der Waals surface area contributed by atoms with Gasteiger partial charge in [-0.2, -0.15) is 0 Å². The Bertz CT molecular complexity index is 357. The van der Waals surface area contributed by atoms with Gasteiger partial charge in [0.15, 0.2) is 0 Å². The molecule has 0 unspecified atom stereocenters. The fourth-order valence-corrected chi connectivity index (χ4v) is 1.76. The van der Waals surface area contributed by atoms with E-state index in [1.165, 1.54) is 11.1 Å². The zero-order valence-corrected chi connectivity index (χ0v) is 11.9. The van der Waals surface area contributed by atoms with Crippen LogP contribution in [0.3, 0.4) is 0 Å². The average Bonchev–Trinajstić information content (AvgIpc) is 3.12. The fourth-order valence-electron chi connectivity index (χ4n) is 1.76. The van der Waals surface area contributed by atoms with Gasteiger partial charge in [-0.05, 0) is 52.7 Å². The molecule has 1 saturated carbocycles. The van der Waals surface area contributed by atoms with Gasteiger partial charge in [-0.25, -0.2) is 0 Å². The molecule has 0 bridgehead atoms. The van der Waals surface area contributed by atoms with Crippen molar-refractivity contribution in [3.05, 3.63) is 36.1 Å². The molecule has 0 aromatic rings. The van der Waals surface area contributed by atoms with E-state index in [2.05, 4.69) is 39.5 Å². The maximum Gasteiger partial charge on any atom is 0.229 e. The fraction of sp³-hybridized carbons (Fsp3) is 0.562. The molecular weight excluding hydrogens is 222 g/mol. The first-order valence-corrected chi connectivity index (χ1v) is 6.76. The third-order valence-corrected chi connectivity index (χ3v) is 3.16. The minimum absolute atomic E-state index is 0.235. The van der Waals surface area contributed by atoms with Crippen LogP contribution in [0.15, 0.2) is 36.1 Å². The molecule has 18 heavy (non-hydrogen) atoms. The molecule has 2 nitrogen and oxygen atoms in total. The predicted octanol–water partition coefficient (Wildman–Crippen LogP) is 4.06. The molecule has 0 atom stereocenters. The summed E-state index contributed by atoms with van der Waals surface area (Å²) in [5.41, 5.74) is 2.70. The van der Waals surface area contributed by atoms with Crippen molar-refractivity contribution in [3.8, 4) is 0 Å². The van der Waals surface area contributed by atoms with Gasteiger partial charge in [-0.3, -0.25) is 4.79 Å². The summed E-state index contributed by atoms with van der Waals surface area (Å²) in [6, 6.07) is 0. The van der Waals surface area contributed by atoms with Gasteiger partial charge in [0, 0.05) is 12.5 Å². The van der Waals surface area contributed by atoms with Gasteiger partial charge in [0.2, 0.25) is 5.91 Å². The topological polar surface area (TPSA) is 20.3 Å². The first kappa shape index (κ1) is 14.7. The second-order valence-electron chi connectivity index (χ2n) is 5.32. The Balaban J connectivity index is 2.37. The molecule has 0 spiro atoms. The van der Waals surface area contributed by atoms with Crippen LogP contribution in [-0.2, 0) is 4.79 Å². The molecule has 100 valence electrons. The van der Waals surface area contributed by atoms with Gasteiger partial charge in [-0.1, -0.05) is 29.9 Å². The lowest BCUT2D eigenvalue weighted by molar-refractivity contribution is -0.129. The first-order chi connectivity index (χ1) is 8.54. The van der Waals surface area contributed by atoms with E-state index in [0.717, 1.165) is 25.7 Å². The van der Waals surface area contributed by atoms with Crippen molar-refractivity contribution in [1.29, 1.82) is 0 Å². The lowest BCUT2D eigenvalue weighted by Crippen LogP contribution is -2.27. The second-order valence-corrected chi connectivity index (χ2v) is 5.32. The zero-order valence-electron chi connectivity index (χ0n) is 11.9. The maximum absolute atomic E-state index is 11.9. The summed E-state index contributed by atoms with van der Waals surface area (Å²) in [6.45, 7) is 10.8. The van der Waals surface area contributed by atoms with E-state index in [-0.39, 0.29) is 11.8 Å². The third-order valence-electron chi connectivity index (χ3n) is 3.16. The summed E-state index contributed by atoms with van der Waals surface area (Å²) in [6.07, 6.45) is 10.3. The Hall–Kier alpha value is -1.31. The molecule has 2 heteroatoms. The molecule has 1 aliphatic carbocycles. The highest BCUT2D eigenvalue weighted by atomic mass is 16.2. The minimum Gasteiger partial charge on any atom is -0.316 e. The lowest BCUT2D eigenvalue weighted by atomic mass is 10.1. The van der Waals surface area contributed by atoms with Crippen LogP contribution < -0.4 is 0 Å². The highest BCUT2D eigenvalue weighted by molar-refractivity contribution is 5.82. The number of rotatable bonds is 7. The average molecular weight is 247 g/mol. The molecule has 1 aliphatic rings. The van der Waals surface area contributed by atoms with Crippen LogP contribution in [0.1, 0.15) is 46.5 Å². The molecule has 1 amide bonds. The van der Waals surface area contributed by atoms with Crippen molar-refractivity contribution in [3.63, 3.8) is 0 Å². The van der Waals surface area contributed by atoms with Crippen LogP contribution in [0, 0.1) is 5.92 Å². The largest absolute Gasteiger partial charge is 0.316 e. The number of hydrogen-bond donors (Lipinski definition) is 0. The van der Waals surface area contributed by atoms with Gasteiger partial charge >= 0.3 is 0 Å². The highest BCUT2D eigenvalue weighted by Gasteiger charge is 2.32. The minimum atomic E-state index is 0.235. The Kier molecular flexibility index (Phi) is 5.90. The second kappa shape index (κ2) is 7.20. The number of carbonyl (C=O) groups is 1. The van der Waals surface area contributed by atoms with Gasteiger partial charge in [-0.15, -0.1) is 0 Å². The van der Waals surface area contributed by atoms with Crippen LogP contribution in [0.4, 0.5) is 0 Å². The Morgan fingerprint density at radius 2 is 1.94 bits per heavy atom. The van der Waals surface area contributed by atoms with Crippen molar-refractivity contribution in [2.24, 2.45) is 5.92 Å². The quantitative estimate of drug-likeness (QED) is 0.621. The van der Waals surface area contributed by atoms with Crippen LogP contribution >= 0.6 is 0 Å². The predicted molar refractivity (Wildman–Crippen MR) is 77.1 cm³/mol. The molecule has 0 radical (unpaired) electrons. The monoisotopic (exact) mass is 247 g/mol. The Labute approximate surface area is 111 Å². The molecule has 0 saturated heterocycles. The Morgan fingerprint density at radius 3 is 2.44 bits per heavy atom. The van der Waals surface area contributed by atoms with Crippen LogP contribution in [0.5, 0.6) is 0 Å². The number of allylic oxidation sites excluding steroid dienone is 3. The van der Waals surface area contributed by atoms with Crippen molar-refractivity contribution < 1.29 is 4.79 Å². The van der Waals surface area contributed by atoms with Gasteiger partial charge in [0.05, 0.1) is 0 Å². The molecule has 0 N–H and O–H groups in total. The van der Waals surface area contributed by atoms with E-state index < -0.39 is 0 Å². The molecule has 0 aromatic carbocycles. The standard InChI is InChI=1S/C16H25NO/c1-5-17(16(18)15-9-10-15)12-11-14(4)8-6-7-13(2)3/h5,7,11,15H,1,6,8-10,12H2,2-4H3. The van der Waals surface area contributed by atoms with Gasteiger partial charge in [0.25, 0.3) is 0 Å². The first-order valence-electron chi connectivity index (χ1n) is 6.76. The normalized spacial score (nSPS) is 15.2. The summed E-state index contributed by atoms with van der Waals surface area (Å²) < 4.78 is 0. The van der Waals surface area contributed by atoms with Crippen molar-refractivity contribution in [2.75, 3.05) is 6.54 Å². The number of nitrogens with zero attached hydrogens (tertiary/aromatic N) is 1. The Morgan fingerprint density at radius 1 is 1.28 bits per heavy atom. The van der Waals surface area contributed by atoms with E-state index >= 15 is 0 Å². The number of carbonyl (C=O) groups excluding carboxylic acids is 1. The highest BCUT2D eigenvalue weighted by Crippen LogP contribution is 2.31. The van der Waals surface area contributed by atoms with Crippen molar-refractivity contribution in [1.82, 2.24) is 4.90 Å². The SMILES string of the molecule is C=CN(CC=C(C)CCC=C(C)C)C(=O)C1CC1. The van der Waals surface area contributed by atoms with E-state index in [9.17, 15) is 4.79 Å². The summed E-state index contributed by atoms with van der Waals surface area (Å²) in [5, 5.41) is 0. The summed E-state index contributed by atoms with van der Waals surface area (Å²) in [4.78, 5) is 13.6. The van der Waals surface area contributed by atoms with Crippen LogP contribution in [-0.4, -0.2) is 17.4 Å². The van der Waals surface area contributed by atoms with Crippen LogP contribution in [0.25, 0.3) is 0 Å². The molecular formula is C16H25NO. The number of hydrogen-bond acceptors (Lipinski definition) is 1. The third kappa shape index (κ3) is 5.35. The molecule has 0 aromatic heterocycles. The molecule has 1 rings (SSSR count). The smallest absolute Gasteiger partial charge is 0.229 e. The zero-order chi connectivity index (χ0) is 13.5. The van der Waals surface area contributed by atoms with Gasteiger partial charge < -0.3 is 4.90 Å². The van der Waals surface area contributed by atoms with Crippen molar-refractivity contribution >= 4 is 5.91 Å². The summed E-state index contributed by atoms with van der Waals surface area (Å²) >= 11 is 0. The molecule has 1 fully saturated rings. The summed E-state index contributed by atoms with van der Waals surface area (Å²) in [5.74, 6) is 0.501. The lowest BCUT2D eigenvalue weighted by Gasteiger charge is -2.16. The van der Waals surface area contributed by atoms with Crippen LogP contribution in [0.2, 0.25) is 0 Å². The molecule has 0 heterocycles. The maximum atomic E-state index is 11.9. The molecule has 0 aliphatic heterocycles. The number of amides is 1. The van der Waals surface area contributed by atoms with E-state index in [1.807, 2.05) is 0 Å². The van der Waals surface area contributed by atoms with E-state index in [1.54, 1.807) is 11.1 Å².